The summed E-state index contributed by atoms with van der Waals surface area (Å²) in [6.45, 7) is 0.986. The molecule has 6 heteroatoms. The predicted molar refractivity (Wildman–Crippen MR) is 70.3 cm³/mol. The monoisotopic (exact) mass is 261 g/mol. The zero-order valence-corrected chi connectivity index (χ0v) is 10.6. The second-order valence-electron chi connectivity index (χ2n) is 5.04. The molecule has 0 unspecified atom stereocenters. The molecular weight excluding hydrogens is 246 g/mol. The zero-order chi connectivity index (χ0) is 13.5. The maximum absolute atomic E-state index is 11.3. The lowest BCUT2D eigenvalue weighted by Crippen LogP contribution is -2.55. The number of ether oxygens (including phenoxy) is 1. The molecular formula is C13H15N3O3. The van der Waals surface area contributed by atoms with Gasteiger partial charge in [-0.3, -0.25) is 4.79 Å². The lowest BCUT2D eigenvalue weighted by atomic mass is 9.85. The van der Waals surface area contributed by atoms with Crippen LogP contribution >= 0.6 is 0 Å². The van der Waals surface area contributed by atoms with E-state index in [0.29, 0.717) is 6.54 Å². The van der Waals surface area contributed by atoms with E-state index in [-0.39, 0.29) is 13.2 Å². The van der Waals surface area contributed by atoms with E-state index in [2.05, 4.69) is 9.97 Å². The fourth-order valence-electron chi connectivity index (χ4n) is 2.34. The van der Waals surface area contributed by atoms with Gasteiger partial charge in [0.25, 0.3) is 0 Å². The third kappa shape index (κ3) is 1.94. The third-order valence-corrected chi connectivity index (χ3v) is 3.59. The minimum atomic E-state index is -0.798. The lowest BCUT2D eigenvalue weighted by molar-refractivity contribution is -0.177. The number of H-pyrrole nitrogens is 1. The van der Waals surface area contributed by atoms with Crippen molar-refractivity contribution in [1.82, 2.24) is 9.97 Å². The van der Waals surface area contributed by atoms with Crippen molar-refractivity contribution in [3.05, 3.63) is 24.5 Å². The van der Waals surface area contributed by atoms with Crippen molar-refractivity contribution in [2.24, 2.45) is 5.41 Å². The highest BCUT2D eigenvalue weighted by molar-refractivity contribution is 5.80. The van der Waals surface area contributed by atoms with Crippen LogP contribution in [0, 0.1) is 5.41 Å². The van der Waals surface area contributed by atoms with Gasteiger partial charge in [-0.15, -0.1) is 0 Å². The van der Waals surface area contributed by atoms with Gasteiger partial charge in [-0.2, -0.15) is 0 Å². The molecule has 100 valence electrons. The Morgan fingerprint density at radius 2 is 2.37 bits per heavy atom. The number of hydrogen-bond acceptors (Lipinski definition) is 4. The highest BCUT2D eigenvalue weighted by atomic mass is 16.5. The summed E-state index contributed by atoms with van der Waals surface area (Å²) >= 11 is 0. The van der Waals surface area contributed by atoms with Crippen LogP contribution in [0.5, 0.6) is 0 Å². The molecule has 0 atom stereocenters. The lowest BCUT2D eigenvalue weighted by Gasteiger charge is -2.40. The second-order valence-corrected chi connectivity index (χ2v) is 5.04. The topological polar surface area (TPSA) is 78.5 Å². The first kappa shape index (κ1) is 12.0. The van der Waals surface area contributed by atoms with Gasteiger partial charge in [-0.1, -0.05) is 0 Å². The van der Waals surface area contributed by atoms with Gasteiger partial charge in [-0.05, 0) is 18.2 Å². The van der Waals surface area contributed by atoms with E-state index in [9.17, 15) is 9.90 Å². The van der Waals surface area contributed by atoms with E-state index in [1.54, 1.807) is 6.33 Å². The number of aromatic nitrogens is 2. The van der Waals surface area contributed by atoms with Gasteiger partial charge in [0.15, 0.2) is 0 Å². The summed E-state index contributed by atoms with van der Waals surface area (Å²) in [7, 11) is 1.89. The summed E-state index contributed by atoms with van der Waals surface area (Å²) in [5.41, 5.74) is 2.03. The number of carboxylic acid groups (broad SMARTS) is 1. The van der Waals surface area contributed by atoms with Crippen molar-refractivity contribution in [3.8, 4) is 0 Å². The summed E-state index contributed by atoms with van der Waals surface area (Å²) in [5, 5.41) is 9.30. The number of anilines is 1. The first-order chi connectivity index (χ1) is 9.11. The number of carboxylic acids is 1. The molecule has 19 heavy (non-hydrogen) atoms. The third-order valence-electron chi connectivity index (χ3n) is 3.59. The Bertz CT molecular complexity index is 618. The van der Waals surface area contributed by atoms with E-state index in [4.69, 9.17) is 4.74 Å². The van der Waals surface area contributed by atoms with Crippen molar-refractivity contribution in [1.29, 1.82) is 0 Å². The fraction of sp³-hybridized carbons (Fsp3) is 0.385. The molecule has 1 fully saturated rings. The van der Waals surface area contributed by atoms with Crippen LogP contribution < -0.4 is 4.90 Å². The Labute approximate surface area is 110 Å². The molecule has 1 aromatic heterocycles. The molecule has 2 aromatic rings. The number of fused-ring (bicyclic) bond motifs is 1. The van der Waals surface area contributed by atoms with E-state index in [0.717, 1.165) is 16.7 Å². The van der Waals surface area contributed by atoms with Gasteiger partial charge < -0.3 is 19.7 Å². The Balaban J connectivity index is 1.83. The van der Waals surface area contributed by atoms with Crippen LogP contribution in [0.1, 0.15) is 0 Å². The molecule has 2 heterocycles. The number of aromatic amines is 1. The Morgan fingerprint density at radius 3 is 3.00 bits per heavy atom. The number of aliphatic carboxylic acids is 1. The highest BCUT2D eigenvalue weighted by Gasteiger charge is 2.47. The average Bonchev–Trinajstić information content (AvgIpc) is 2.79. The molecule has 2 N–H and O–H groups in total. The molecule has 3 rings (SSSR count). The quantitative estimate of drug-likeness (QED) is 0.861. The SMILES string of the molecule is CN(CC1(C(=O)O)COC1)c1ccc2nc[nH]c2c1. The maximum atomic E-state index is 11.3. The number of hydrogen-bond donors (Lipinski definition) is 2. The first-order valence-corrected chi connectivity index (χ1v) is 6.06. The minimum Gasteiger partial charge on any atom is -0.481 e. The van der Waals surface area contributed by atoms with Crippen molar-refractivity contribution in [3.63, 3.8) is 0 Å². The smallest absolute Gasteiger partial charge is 0.316 e. The van der Waals surface area contributed by atoms with Crippen molar-refractivity contribution in [2.45, 2.75) is 0 Å². The molecule has 0 bridgehead atoms. The van der Waals surface area contributed by atoms with Gasteiger partial charge in [0.05, 0.1) is 30.6 Å². The van der Waals surface area contributed by atoms with Crippen LogP contribution in [-0.4, -0.2) is 47.8 Å². The van der Waals surface area contributed by atoms with Gasteiger partial charge in [0.2, 0.25) is 0 Å². The van der Waals surface area contributed by atoms with Gasteiger partial charge >= 0.3 is 5.97 Å². The van der Waals surface area contributed by atoms with E-state index >= 15 is 0 Å². The molecule has 0 spiro atoms. The van der Waals surface area contributed by atoms with Gasteiger partial charge in [0, 0.05) is 19.3 Å². The number of benzene rings is 1. The standard InChI is InChI=1S/C13H15N3O3/c1-16(5-13(12(17)18)6-19-7-13)9-2-3-10-11(4-9)15-8-14-10/h2-4,8H,5-7H2,1H3,(H,14,15)(H,17,18). The molecule has 0 aliphatic carbocycles. The first-order valence-electron chi connectivity index (χ1n) is 6.06. The summed E-state index contributed by atoms with van der Waals surface area (Å²) in [4.78, 5) is 20.5. The van der Waals surface area contributed by atoms with E-state index < -0.39 is 11.4 Å². The highest BCUT2D eigenvalue weighted by Crippen LogP contribution is 2.30. The summed E-state index contributed by atoms with van der Waals surface area (Å²) in [6, 6.07) is 5.83. The second kappa shape index (κ2) is 4.24. The van der Waals surface area contributed by atoms with Gasteiger partial charge in [0.1, 0.15) is 5.41 Å². The molecule has 1 saturated heterocycles. The van der Waals surface area contributed by atoms with Crippen molar-refractivity contribution in [2.75, 3.05) is 31.7 Å². The zero-order valence-electron chi connectivity index (χ0n) is 10.6. The van der Waals surface area contributed by atoms with Crippen LogP contribution in [-0.2, 0) is 9.53 Å². The summed E-state index contributed by atoms with van der Waals surface area (Å²) in [6.07, 6.45) is 1.65. The van der Waals surface area contributed by atoms with Crippen LogP contribution in [0.3, 0.4) is 0 Å². The fourth-order valence-corrected chi connectivity index (χ4v) is 2.34. The average molecular weight is 261 g/mol. The Kier molecular flexibility index (Phi) is 2.67. The largest absolute Gasteiger partial charge is 0.481 e. The number of nitrogens with one attached hydrogen (secondary N) is 1. The molecule has 0 saturated carbocycles. The summed E-state index contributed by atoms with van der Waals surface area (Å²) in [5.74, 6) is -0.798. The Morgan fingerprint density at radius 1 is 1.58 bits per heavy atom. The van der Waals surface area contributed by atoms with Gasteiger partial charge in [-0.25, -0.2) is 4.98 Å². The molecule has 0 amide bonds. The predicted octanol–water partition coefficient (Wildman–Crippen LogP) is 1.10. The molecule has 1 aromatic carbocycles. The van der Waals surface area contributed by atoms with Crippen LogP contribution in [0.15, 0.2) is 24.5 Å². The number of rotatable bonds is 4. The van der Waals surface area contributed by atoms with Crippen molar-refractivity contribution >= 4 is 22.7 Å². The summed E-state index contributed by atoms with van der Waals surface area (Å²) < 4.78 is 5.07. The molecule has 1 aliphatic heterocycles. The molecule has 1 aliphatic rings. The molecule has 6 nitrogen and oxygen atoms in total. The minimum absolute atomic E-state index is 0.277. The maximum Gasteiger partial charge on any atom is 0.316 e. The number of imidazole rings is 1. The van der Waals surface area contributed by atoms with Crippen molar-refractivity contribution < 1.29 is 14.6 Å². The Hall–Kier alpha value is -2.08. The normalized spacial score (nSPS) is 17.1. The number of nitrogens with zero attached hydrogens (tertiary/aromatic N) is 2. The van der Waals surface area contributed by atoms with Crippen LogP contribution in [0.25, 0.3) is 11.0 Å². The molecule has 0 radical (unpaired) electrons. The van der Waals surface area contributed by atoms with E-state index in [1.165, 1.54) is 0 Å². The van der Waals surface area contributed by atoms with E-state index in [1.807, 2.05) is 30.1 Å². The van der Waals surface area contributed by atoms with Crippen LogP contribution in [0.2, 0.25) is 0 Å². The number of carbonyl (C=O) groups is 1. The van der Waals surface area contributed by atoms with Crippen LogP contribution in [0.4, 0.5) is 5.69 Å².